The van der Waals surface area contributed by atoms with E-state index < -0.39 is 16.1 Å². The van der Waals surface area contributed by atoms with Crippen molar-refractivity contribution in [2.75, 3.05) is 11.9 Å². The molecule has 1 aromatic carbocycles. The zero-order chi connectivity index (χ0) is 18.9. The standard InChI is InChI=1S/C17H17ClN2O4S2/c1-11(21)12-4-6-13(7-5-12)19-17(22)14-3-2-10-20(14)26(23,24)16-9-8-15(18)25-16/h4-9,14H,2-3,10H2,1H3,(H,19,22). The average molecular weight is 413 g/mol. The number of halogens is 1. The smallest absolute Gasteiger partial charge is 0.253 e. The first-order valence-corrected chi connectivity index (χ1v) is 10.6. The maximum atomic E-state index is 12.8. The monoisotopic (exact) mass is 412 g/mol. The van der Waals surface area contributed by atoms with Crippen molar-refractivity contribution in [2.24, 2.45) is 0 Å². The van der Waals surface area contributed by atoms with Crippen LogP contribution in [0.1, 0.15) is 30.1 Å². The number of rotatable bonds is 5. The zero-order valence-corrected chi connectivity index (χ0v) is 16.3. The Hall–Kier alpha value is -1.74. The van der Waals surface area contributed by atoms with Gasteiger partial charge in [0.05, 0.1) is 4.34 Å². The van der Waals surface area contributed by atoms with E-state index in [1.807, 2.05) is 0 Å². The fourth-order valence-corrected chi connectivity index (χ4v) is 6.12. The van der Waals surface area contributed by atoms with E-state index in [1.54, 1.807) is 24.3 Å². The SMILES string of the molecule is CC(=O)c1ccc(NC(=O)C2CCCN2S(=O)(=O)c2ccc(Cl)s2)cc1. The van der Waals surface area contributed by atoms with Crippen molar-refractivity contribution in [3.63, 3.8) is 0 Å². The molecule has 1 aliphatic heterocycles. The summed E-state index contributed by atoms with van der Waals surface area (Å²) >= 11 is 6.82. The van der Waals surface area contributed by atoms with Gasteiger partial charge in [0.1, 0.15) is 10.3 Å². The summed E-state index contributed by atoms with van der Waals surface area (Å²) in [5.41, 5.74) is 1.06. The Morgan fingerprint density at radius 3 is 2.46 bits per heavy atom. The zero-order valence-electron chi connectivity index (χ0n) is 13.9. The van der Waals surface area contributed by atoms with Gasteiger partial charge in [-0.15, -0.1) is 11.3 Å². The van der Waals surface area contributed by atoms with Gasteiger partial charge in [-0.3, -0.25) is 9.59 Å². The molecule has 138 valence electrons. The Morgan fingerprint density at radius 2 is 1.88 bits per heavy atom. The summed E-state index contributed by atoms with van der Waals surface area (Å²) in [5.74, 6) is -0.449. The highest BCUT2D eigenvalue weighted by Crippen LogP contribution is 2.32. The first-order chi connectivity index (χ1) is 12.3. The number of anilines is 1. The van der Waals surface area contributed by atoms with E-state index in [4.69, 9.17) is 11.6 Å². The highest BCUT2D eigenvalue weighted by Gasteiger charge is 2.40. The first kappa shape index (κ1) is 19.0. The lowest BCUT2D eigenvalue weighted by Gasteiger charge is -2.22. The van der Waals surface area contributed by atoms with Gasteiger partial charge in [0.2, 0.25) is 5.91 Å². The summed E-state index contributed by atoms with van der Waals surface area (Å²) in [7, 11) is -3.76. The van der Waals surface area contributed by atoms with E-state index in [1.165, 1.54) is 23.4 Å². The molecule has 0 spiro atoms. The van der Waals surface area contributed by atoms with Gasteiger partial charge in [0.25, 0.3) is 10.0 Å². The van der Waals surface area contributed by atoms with E-state index in [0.717, 1.165) is 11.3 Å². The third-order valence-corrected chi connectivity index (χ3v) is 7.78. The van der Waals surface area contributed by atoms with Crippen LogP contribution in [0.25, 0.3) is 0 Å². The Kier molecular flexibility index (Phi) is 5.47. The second-order valence-corrected chi connectivity index (χ2v) is 9.79. The lowest BCUT2D eigenvalue weighted by molar-refractivity contribution is -0.119. The second-order valence-electron chi connectivity index (χ2n) is 5.96. The van der Waals surface area contributed by atoms with Crippen molar-refractivity contribution < 1.29 is 18.0 Å². The lowest BCUT2D eigenvalue weighted by atomic mass is 10.1. The molecule has 1 amide bonds. The van der Waals surface area contributed by atoms with E-state index in [9.17, 15) is 18.0 Å². The van der Waals surface area contributed by atoms with Crippen LogP contribution < -0.4 is 5.32 Å². The molecule has 1 atom stereocenters. The Balaban J connectivity index is 1.77. The van der Waals surface area contributed by atoms with Crippen molar-refractivity contribution in [3.05, 3.63) is 46.3 Å². The maximum Gasteiger partial charge on any atom is 0.253 e. The van der Waals surface area contributed by atoms with Crippen LogP contribution in [0.15, 0.2) is 40.6 Å². The largest absolute Gasteiger partial charge is 0.325 e. The van der Waals surface area contributed by atoms with Gasteiger partial charge in [-0.2, -0.15) is 4.31 Å². The van der Waals surface area contributed by atoms with Crippen LogP contribution in [-0.2, 0) is 14.8 Å². The topological polar surface area (TPSA) is 83.6 Å². The van der Waals surface area contributed by atoms with Crippen LogP contribution in [0, 0.1) is 0 Å². The molecule has 0 bridgehead atoms. The molecule has 0 radical (unpaired) electrons. The van der Waals surface area contributed by atoms with E-state index in [-0.39, 0.29) is 15.9 Å². The minimum atomic E-state index is -3.76. The quantitative estimate of drug-likeness (QED) is 0.763. The number of Topliss-reactive ketones (excluding diaryl/α,β-unsaturated/α-hetero) is 1. The number of benzene rings is 1. The Labute approximate surface area is 160 Å². The van der Waals surface area contributed by atoms with Crippen LogP contribution in [0.5, 0.6) is 0 Å². The molecule has 1 unspecified atom stereocenters. The minimum absolute atomic E-state index is 0.0643. The summed E-state index contributed by atoms with van der Waals surface area (Å²) < 4.78 is 27.3. The van der Waals surface area contributed by atoms with Crippen molar-refractivity contribution in [1.82, 2.24) is 4.31 Å². The predicted molar refractivity (Wildman–Crippen MR) is 101 cm³/mol. The maximum absolute atomic E-state index is 12.8. The minimum Gasteiger partial charge on any atom is -0.325 e. The molecular weight excluding hydrogens is 396 g/mol. The molecule has 1 N–H and O–H groups in total. The molecule has 1 saturated heterocycles. The summed E-state index contributed by atoms with van der Waals surface area (Å²) in [6.07, 6.45) is 1.06. The van der Waals surface area contributed by atoms with Crippen molar-refractivity contribution in [3.8, 4) is 0 Å². The third kappa shape index (κ3) is 3.83. The molecule has 3 rings (SSSR count). The molecule has 6 nitrogen and oxygen atoms in total. The summed E-state index contributed by atoms with van der Waals surface area (Å²) in [5, 5.41) is 2.73. The summed E-state index contributed by atoms with van der Waals surface area (Å²) in [4.78, 5) is 23.9. The molecule has 26 heavy (non-hydrogen) atoms. The number of nitrogens with zero attached hydrogens (tertiary/aromatic N) is 1. The molecule has 1 fully saturated rings. The third-order valence-electron chi connectivity index (χ3n) is 4.18. The highest BCUT2D eigenvalue weighted by atomic mass is 35.5. The van der Waals surface area contributed by atoms with E-state index in [0.29, 0.717) is 35.0 Å². The number of ketones is 1. The molecule has 0 aliphatic carbocycles. The van der Waals surface area contributed by atoms with E-state index in [2.05, 4.69) is 5.32 Å². The molecule has 1 aliphatic rings. The predicted octanol–water partition coefficient (Wildman–Crippen LogP) is 3.40. The van der Waals surface area contributed by atoms with Crippen LogP contribution in [0.2, 0.25) is 4.34 Å². The number of sulfonamides is 1. The first-order valence-electron chi connectivity index (χ1n) is 7.98. The van der Waals surface area contributed by atoms with Gasteiger partial charge < -0.3 is 5.32 Å². The molecule has 0 saturated carbocycles. The number of carbonyl (C=O) groups is 2. The molecular formula is C17H17ClN2O4S2. The fraction of sp³-hybridized carbons (Fsp3) is 0.294. The molecule has 2 heterocycles. The van der Waals surface area contributed by atoms with Crippen LogP contribution in [-0.4, -0.2) is 37.0 Å². The number of carbonyl (C=O) groups excluding carboxylic acids is 2. The van der Waals surface area contributed by atoms with Crippen molar-refractivity contribution in [2.45, 2.75) is 30.0 Å². The number of amides is 1. The van der Waals surface area contributed by atoms with Crippen LogP contribution in [0.3, 0.4) is 0 Å². The summed E-state index contributed by atoms with van der Waals surface area (Å²) in [6, 6.07) is 8.71. The highest BCUT2D eigenvalue weighted by molar-refractivity contribution is 7.91. The normalized spacial score (nSPS) is 18.0. The van der Waals surface area contributed by atoms with Crippen molar-refractivity contribution in [1.29, 1.82) is 0 Å². The Morgan fingerprint density at radius 1 is 1.19 bits per heavy atom. The number of thiophene rings is 1. The molecule has 2 aromatic rings. The lowest BCUT2D eigenvalue weighted by Crippen LogP contribution is -2.42. The van der Waals surface area contributed by atoms with E-state index >= 15 is 0 Å². The molecule has 1 aromatic heterocycles. The van der Waals surface area contributed by atoms with Crippen LogP contribution in [0.4, 0.5) is 5.69 Å². The average Bonchev–Trinajstić information content (AvgIpc) is 3.24. The van der Waals surface area contributed by atoms with Gasteiger partial charge in [-0.25, -0.2) is 8.42 Å². The van der Waals surface area contributed by atoms with Crippen LogP contribution >= 0.6 is 22.9 Å². The number of hydrogen-bond donors (Lipinski definition) is 1. The second kappa shape index (κ2) is 7.48. The number of nitrogens with one attached hydrogen (secondary N) is 1. The summed E-state index contributed by atoms with van der Waals surface area (Å²) in [6.45, 7) is 1.75. The fourth-order valence-electron chi connectivity index (χ4n) is 2.86. The number of hydrogen-bond acceptors (Lipinski definition) is 5. The van der Waals surface area contributed by atoms with Gasteiger partial charge in [-0.05, 0) is 56.2 Å². The van der Waals surface area contributed by atoms with Gasteiger partial charge in [0.15, 0.2) is 5.78 Å². The van der Waals surface area contributed by atoms with Crippen molar-refractivity contribution >= 4 is 50.3 Å². The van der Waals surface area contributed by atoms with Gasteiger partial charge in [0, 0.05) is 17.8 Å². The van der Waals surface area contributed by atoms with Gasteiger partial charge in [-0.1, -0.05) is 11.6 Å². The Bertz CT molecular complexity index is 938. The van der Waals surface area contributed by atoms with Gasteiger partial charge >= 0.3 is 0 Å². The molecule has 9 heteroatoms.